The van der Waals surface area contributed by atoms with Crippen LogP contribution in [0.1, 0.15) is 17.0 Å². The van der Waals surface area contributed by atoms with Gasteiger partial charge in [0.2, 0.25) is 11.7 Å². The van der Waals surface area contributed by atoms with Gasteiger partial charge in [0.1, 0.15) is 0 Å². The van der Waals surface area contributed by atoms with E-state index in [2.05, 4.69) is 0 Å². The molecule has 0 bridgehead atoms. The van der Waals surface area contributed by atoms with Gasteiger partial charge in [0.15, 0.2) is 11.5 Å². The number of carbonyl (C=O) groups is 1. The Morgan fingerprint density at radius 3 is 2.04 bits per heavy atom. The predicted octanol–water partition coefficient (Wildman–Crippen LogP) is 2.99. The lowest BCUT2D eigenvalue weighted by atomic mass is 9.97. The Hall–Kier alpha value is -2.95. The van der Waals surface area contributed by atoms with Gasteiger partial charge in [-0.25, -0.2) is 0 Å². The standard InChI is InChI=1S/C19H21NO4/c1-22-16-11-13(12-17(23-2)18(16)24-3)9-10-15(19(20)21)14-7-5-4-6-8-14/h4-12,15H,1-3H3,(H2,20,21). The summed E-state index contributed by atoms with van der Waals surface area (Å²) in [5, 5.41) is 0. The van der Waals surface area contributed by atoms with Gasteiger partial charge in [0.25, 0.3) is 0 Å². The first-order chi connectivity index (χ1) is 11.6. The molecule has 126 valence electrons. The summed E-state index contributed by atoms with van der Waals surface area (Å²) in [7, 11) is 4.66. The molecule has 0 spiro atoms. The summed E-state index contributed by atoms with van der Waals surface area (Å²) in [6.07, 6.45) is 3.57. The summed E-state index contributed by atoms with van der Waals surface area (Å²) >= 11 is 0. The van der Waals surface area contributed by atoms with E-state index in [9.17, 15) is 4.79 Å². The van der Waals surface area contributed by atoms with E-state index in [-0.39, 0.29) is 0 Å². The molecule has 0 heterocycles. The molecule has 2 N–H and O–H groups in total. The summed E-state index contributed by atoms with van der Waals surface area (Å²) in [6.45, 7) is 0. The lowest BCUT2D eigenvalue weighted by Crippen LogP contribution is -2.19. The average molecular weight is 327 g/mol. The Balaban J connectivity index is 2.38. The maximum atomic E-state index is 11.8. The van der Waals surface area contributed by atoms with Crippen molar-refractivity contribution >= 4 is 12.0 Å². The van der Waals surface area contributed by atoms with Crippen LogP contribution in [0.4, 0.5) is 0 Å². The number of ether oxygens (including phenoxy) is 3. The van der Waals surface area contributed by atoms with Crippen molar-refractivity contribution in [2.45, 2.75) is 5.92 Å². The van der Waals surface area contributed by atoms with Crippen molar-refractivity contribution in [1.82, 2.24) is 0 Å². The highest BCUT2D eigenvalue weighted by Gasteiger charge is 2.15. The van der Waals surface area contributed by atoms with Crippen LogP contribution >= 0.6 is 0 Å². The zero-order valence-corrected chi connectivity index (χ0v) is 14.0. The zero-order chi connectivity index (χ0) is 17.5. The number of amides is 1. The third-order valence-electron chi connectivity index (χ3n) is 3.63. The van der Waals surface area contributed by atoms with E-state index >= 15 is 0 Å². The summed E-state index contributed by atoms with van der Waals surface area (Å²) in [4.78, 5) is 11.8. The molecule has 0 saturated heterocycles. The van der Waals surface area contributed by atoms with Crippen LogP contribution in [-0.4, -0.2) is 27.2 Å². The quantitative estimate of drug-likeness (QED) is 0.848. The molecule has 0 aliphatic rings. The Kier molecular flexibility index (Phi) is 5.84. The number of nitrogens with two attached hydrogens (primary N) is 1. The fraction of sp³-hybridized carbons (Fsp3) is 0.211. The highest BCUT2D eigenvalue weighted by atomic mass is 16.5. The van der Waals surface area contributed by atoms with Crippen molar-refractivity contribution in [2.75, 3.05) is 21.3 Å². The number of benzene rings is 2. The number of rotatable bonds is 7. The third kappa shape index (κ3) is 3.87. The molecular formula is C19H21NO4. The first-order valence-corrected chi connectivity index (χ1v) is 7.43. The topological polar surface area (TPSA) is 70.8 Å². The van der Waals surface area contributed by atoms with Crippen LogP contribution in [-0.2, 0) is 4.79 Å². The second kappa shape index (κ2) is 8.06. The molecule has 24 heavy (non-hydrogen) atoms. The smallest absolute Gasteiger partial charge is 0.228 e. The molecule has 2 aromatic rings. The minimum atomic E-state index is -0.509. The normalized spacial score (nSPS) is 12.0. The minimum Gasteiger partial charge on any atom is -0.493 e. The van der Waals surface area contributed by atoms with Gasteiger partial charge in [-0.15, -0.1) is 0 Å². The Morgan fingerprint density at radius 1 is 1.00 bits per heavy atom. The molecular weight excluding hydrogens is 306 g/mol. The first-order valence-electron chi connectivity index (χ1n) is 7.43. The van der Waals surface area contributed by atoms with Crippen LogP contribution < -0.4 is 19.9 Å². The van der Waals surface area contributed by atoms with Crippen molar-refractivity contribution in [2.24, 2.45) is 5.73 Å². The summed E-state index contributed by atoms with van der Waals surface area (Å²) in [6, 6.07) is 13.0. The Morgan fingerprint density at radius 2 is 1.58 bits per heavy atom. The largest absolute Gasteiger partial charge is 0.493 e. The predicted molar refractivity (Wildman–Crippen MR) is 93.5 cm³/mol. The van der Waals surface area contributed by atoms with E-state index in [0.29, 0.717) is 17.2 Å². The van der Waals surface area contributed by atoms with Crippen molar-refractivity contribution in [3.05, 3.63) is 59.7 Å². The lowest BCUT2D eigenvalue weighted by molar-refractivity contribution is -0.118. The van der Waals surface area contributed by atoms with Gasteiger partial charge in [0.05, 0.1) is 27.2 Å². The molecule has 1 amide bonds. The monoisotopic (exact) mass is 327 g/mol. The molecule has 2 rings (SSSR count). The fourth-order valence-electron chi connectivity index (χ4n) is 2.44. The number of hydrogen-bond acceptors (Lipinski definition) is 4. The van der Waals surface area contributed by atoms with Crippen LogP contribution in [0.5, 0.6) is 17.2 Å². The maximum Gasteiger partial charge on any atom is 0.228 e. The summed E-state index contributed by atoms with van der Waals surface area (Å²) < 4.78 is 16.0. The van der Waals surface area contributed by atoms with Crippen molar-refractivity contribution in [3.63, 3.8) is 0 Å². The highest BCUT2D eigenvalue weighted by Crippen LogP contribution is 2.38. The van der Waals surface area contributed by atoms with E-state index in [4.69, 9.17) is 19.9 Å². The second-order valence-corrected chi connectivity index (χ2v) is 5.11. The highest BCUT2D eigenvalue weighted by molar-refractivity contribution is 5.85. The molecule has 0 aliphatic heterocycles. The average Bonchev–Trinajstić information content (AvgIpc) is 2.61. The molecule has 0 fully saturated rings. The Bertz CT molecular complexity index is 700. The molecule has 1 unspecified atom stereocenters. The van der Waals surface area contributed by atoms with Crippen LogP contribution in [0.25, 0.3) is 6.08 Å². The van der Waals surface area contributed by atoms with Crippen LogP contribution in [0.2, 0.25) is 0 Å². The summed E-state index contributed by atoms with van der Waals surface area (Å²) in [5.74, 6) is 0.695. The van der Waals surface area contributed by atoms with E-state index in [1.807, 2.05) is 36.4 Å². The van der Waals surface area contributed by atoms with E-state index in [1.54, 1.807) is 39.5 Å². The van der Waals surface area contributed by atoms with Crippen molar-refractivity contribution in [3.8, 4) is 17.2 Å². The van der Waals surface area contributed by atoms with Crippen LogP contribution in [0.15, 0.2) is 48.5 Å². The molecule has 2 aromatic carbocycles. The van der Waals surface area contributed by atoms with Gasteiger partial charge in [-0.2, -0.15) is 0 Å². The molecule has 5 heteroatoms. The lowest BCUT2D eigenvalue weighted by Gasteiger charge is -2.13. The van der Waals surface area contributed by atoms with Crippen LogP contribution in [0, 0.1) is 0 Å². The molecule has 0 saturated carbocycles. The SMILES string of the molecule is COc1cc(C=CC(C(N)=O)c2ccccc2)cc(OC)c1OC. The fourth-order valence-corrected chi connectivity index (χ4v) is 2.44. The third-order valence-corrected chi connectivity index (χ3v) is 3.63. The van der Waals surface area contributed by atoms with E-state index in [1.165, 1.54) is 0 Å². The van der Waals surface area contributed by atoms with E-state index in [0.717, 1.165) is 11.1 Å². The number of hydrogen-bond donors (Lipinski definition) is 1. The van der Waals surface area contributed by atoms with Crippen LogP contribution in [0.3, 0.4) is 0 Å². The number of carbonyl (C=O) groups excluding carboxylic acids is 1. The number of methoxy groups -OCH3 is 3. The number of primary amides is 1. The molecule has 0 aliphatic carbocycles. The molecule has 0 radical (unpaired) electrons. The summed E-state index contributed by atoms with van der Waals surface area (Å²) in [5.41, 5.74) is 7.18. The van der Waals surface area contributed by atoms with E-state index < -0.39 is 11.8 Å². The Labute approximate surface area is 141 Å². The van der Waals surface area contributed by atoms with Gasteiger partial charge < -0.3 is 19.9 Å². The van der Waals surface area contributed by atoms with Gasteiger partial charge in [-0.1, -0.05) is 42.5 Å². The van der Waals surface area contributed by atoms with Gasteiger partial charge in [-0.05, 0) is 23.3 Å². The minimum absolute atomic E-state index is 0.412. The molecule has 1 atom stereocenters. The van der Waals surface area contributed by atoms with Crippen molar-refractivity contribution < 1.29 is 19.0 Å². The van der Waals surface area contributed by atoms with Crippen molar-refractivity contribution in [1.29, 1.82) is 0 Å². The second-order valence-electron chi connectivity index (χ2n) is 5.11. The van der Waals surface area contributed by atoms with Gasteiger partial charge >= 0.3 is 0 Å². The molecule has 5 nitrogen and oxygen atoms in total. The maximum absolute atomic E-state index is 11.8. The van der Waals surface area contributed by atoms with Gasteiger partial charge in [0, 0.05) is 0 Å². The van der Waals surface area contributed by atoms with Gasteiger partial charge in [-0.3, -0.25) is 4.79 Å². The zero-order valence-electron chi connectivity index (χ0n) is 14.0. The molecule has 0 aromatic heterocycles. The first kappa shape index (κ1) is 17.4.